The summed E-state index contributed by atoms with van der Waals surface area (Å²) in [7, 11) is 3.77. The second-order valence-corrected chi connectivity index (χ2v) is 6.56. The number of rotatable bonds is 6. The van der Waals surface area contributed by atoms with Crippen LogP contribution in [0, 0.1) is 5.92 Å². The van der Waals surface area contributed by atoms with Crippen LogP contribution < -0.4 is 10.2 Å². The Hall–Kier alpha value is -2.37. The molecule has 1 fully saturated rings. The molecular formula is C18H24N4O2. The average molecular weight is 328 g/mol. The monoisotopic (exact) mass is 328 g/mol. The molecule has 0 atom stereocenters. The summed E-state index contributed by atoms with van der Waals surface area (Å²) in [6, 6.07) is 3.61. The van der Waals surface area contributed by atoms with Gasteiger partial charge >= 0.3 is 0 Å². The Labute approximate surface area is 142 Å². The molecule has 0 bridgehead atoms. The molecule has 0 amide bonds. The molecule has 6 nitrogen and oxygen atoms in total. The van der Waals surface area contributed by atoms with Crippen molar-refractivity contribution in [1.29, 1.82) is 0 Å². The summed E-state index contributed by atoms with van der Waals surface area (Å²) in [5, 5.41) is 3.39. The van der Waals surface area contributed by atoms with Crippen LogP contribution in [0.1, 0.15) is 43.0 Å². The number of hydrogen-bond donors (Lipinski definition) is 1. The Morgan fingerprint density at radius 3 is 2.67 bits per heavy atom. The summed E-state index contributed by atoms with van der Waals surface area (Å²) >= 11 is 0. The maximum atomic E-state index is 12.3. The van der Waals surface area contributed by atoms with Gasteiger partial charge in [-0.3, -0.25) is 4.79 Å². The highest BCUT2D eigenvalue weighted by Gasteiger charge is 2.23. The van der Waals surface area contributed by atoms with Crippen LogP contribution in [0.15, 0.2) is 22.8 Å². The standard InChI is InChI=1S/C18H24N4O2/c1-12(23)15-16(14-9-6-10-24-14)20-18(22(2)3)21-17(15)19-11-13-7-4-5-8-13/h6,9-10,13H,4-5,7-8,11H2,1-3H3,(H,19,20,21). The lowest BCUT2D eigenvalue weighted by Gasteiger charge is -2.18. The first-order valence-corrected chi connectivity index (χ1v) is 8.44. The molecule has 1 saturated carbocycles. The summed E-state index contributed by atoms with van der Waals surface area (Å²) in [6.45, 7) is 2.38. The van der Waals surface area contributed by atoms with Gasteiger partial charge in [-0.1, -0.05) is 12.8 Å². The van der Waals surface area contributed by atoms with Crippen molar-refractivity contribution in [3.63, 3.8) is 0 Å². The lowest BCUT2D eigenvalue weighted by Crippen LogP contribution is -2.19. The number of nitrogens with zero attached hydrogens (tertiary/aromatic N) is 3. The number of carbonyl (C=O) groups excluding carboxylic acids is 1. The third-order valence-corrected chi connectivity index (χ3v) is 4.44. The van der Waals surface area contributed by atoms with E-state index in [1.807, 2.05) is 25.1 Å². The van der Waals surface area contributed by atoms with E-state index in [9.17, 15) is 4.79 Å². The van der Waals surface area contributed by atoms with E-state index in [4.69, 9.17) is 4.42 Å². The molecule has 0 spiro atoms. The quantitative estimate of drug-likeness (QED) is 0.817. The van der Waals surface area contributed by atoms with Gasteiger partial charge in [-0.05, 0) is 37.8 Å². The van der Waals surface area contributed by atoms with Gasteiger partial charge in [-0.2, -0.15) is 4.98 Å². The maximum absolute atomic E-state index is 12.3. The number of furan rings is 1. The number of anilines is 2. The molecule has 0 aromatic carbocycles. The lowest BCUT2D eigenvalue weighted by molar-refractivity contribution is 0.101. The van der Waals surface area contributed by atoms with Crippen molar-refractivity contribution in [2.75, 3.05) is 30.9 Å². The van der Waals surface area contributed by atoms with Gasteiger partial charge in [-0.15, -0.1) is 0 Å². The van der Waals surface area contributed by atoms with Crippen LogP contribution in [0.25, 0.3) is 11.5 Å². The van der Waals surface area contributed by atoms with Crippen LogP contribution in [0.5, 0.6) is 0 Å². The Morgan fingerprint density at radius 2 is 2.08 bits per heavy atom. The van der Waals surface area contributed by atoms with Gasteiger partial charge in [0.05, 0.1) is 11.8 Å². The highest BCUT2D eigenvalue weighted by molar-refractivity contribution is 6.04. The summed E-state index contributed by atoms with van der Waals surface area (Å²) in [6.07, 6.45) is 6.63. The van der Waals surface area contributed by atoms with E-state index in [1.165, 1.54) is 25.7 Å². The summed E-state index contributed by atoms with van der Waals surface area (Å²) in [5.74, 6) is 2.31. The van der Waals surface area contributed by atoms with Crippen molar-refractivity contribution >= 4 is 17.5 Å². The average Bonchev–Trinajstić information content (AvgIpc) is 3.25. The molecule has 2 aromatic rings. The van der Waals surface area contributed by atoms with Crippen molar-refractivity contribution in [2.24, 2.45) is 5.92 Å². The molecule has 24 heavy (non-hydrogen) atoms. The zero-order valence-electron chi connectivity index (χ0n) is 14.5. The van der Waals surface area contributed by atoms with Crippen molar-refractivity contribution < 1.29 is 9.21 Å². The van der Waals surface area contributed by atoms with Crippen LogP contribution in [-0.4, -0.2) is 36.4 Å². The smallest absolute Gasteiger partial charge is 0.227 e. The lowest BCUT2D eigenvalue weighted by atomic mass is 10.1. The van der Waals surface area contributed by atoms with Gasteiger partial charge in [0.15, 0.2) is 11.5 Å². The van der Waals surface area contributed by atoms with E-state index in [0.717, 1.165) is 6.54 Å². The molecule has 0 aliphatic heterocycles. The Balaban J connectivity index is 2.02. The van der Waals surface area contributed by atoms with Crippen molar-refractivity contribution in [2.45, 2.75) is 32.6 Å². The second-order valence-electron chi connectivity index (χ2n) is 6.56. The van der Waals surface area contributed by atoms with E-state index in [0.29, 0.717) is 34.7 Å². The third-order valence-electron chi connectivity index (χ3n) is 4.44. The molecule has 0 unspecified atom stereocenters. The first-order chi connectivity index (χ1) is 11.6. The molecule has 6 heteroatoms. The van der Waals surface area contributed by atoms with Gasteiger partial charge < -0.3 is 14.6 Å². The van der Waals surface area contributed by atoms with E-state index in [-0.39, 0.29) is 5.78 Å². The SMILES string of the molecule is CC(=O)c1c(NCC2CCCC2)nc(N(C)C)nc1-c1ccco1. The number of nitrogens with one attached hydrogen (secondary N) is 1. The van der Waals surface area contributed by atoms with Gasteiger partial charge in [0.25, 0.3) is 0 Å². The molecule has 3 rings (SSSR count). The van der Waals surface area contributed by atoms with Crippen LogP contribution in [0.3, 0.4) is 0 Å². The normalized spacial score (nSPS) is 14.8. The van der Waals surface area contributed by atoms with Gasteiger partial charge in [0.1, 0.15) is 11.5 Å². The fourth-order valence-electron chi connectivity index (χ4n) is 3.16. The van der Waals surface area contributed by atoms with Crippen LogP contribution >= 0.6 is 0 Å². The third kappa shape index (κ3) is 3.42. The van der Waals surface area contributed by atoms with Gasteiger partial charge in [0.2, 0.25) is 5.95 Å². The number of aromatic nitrogens is 2. The van der Waals surface area contributed by atoms with Gasteiger partial charge in [0, 0.05) is 20.6 Å². The Bertz CT molecular complexity index is 704. The minimum atomic E-state index is -0.0689. The molecule has 2 heterocycles. The molecule has 1 aliphatic rings. The molecule has 0 radical (unpaired) electrons. The molecule has 0 saturated heterocycles. The van der Waals surface area contributed by atoms with E-state index in [2.05, 4.69) is 15.3 Å². The molecular weight excluding hydrogens is 304 g/mol. The first kappa shape index (κ1) is 16.5. The fraction of sp³-hybridized carbons (Fsp3) is 0.500. The Kier molecular flexibility index (Phi) is 4.83. The number of hydrogen-bond acceptors (Lipinski definition) is 6. The highest BCUT2D eigenvalue weighted by Crippen LogP contribution is 2.31. The number of ketones is 1. The number of carbonyl (C=O) groups is 1. The fourth-order valence-corrected chi connectivity index (χ4v) is 3.16. The van der Waals surface area contributed by atoms with Crippen LogP contribution in [0.2, 0.25) is 0 Å². The van der Waals surface area contributed by atoms with Crippen molar-refractivity contribution in [3.05, 3.63) is 24.0 Å². The van der Waals surface area contributed by atoms with E-state index in [1.54, 1.807) is 19.3 Å². The Morgan fingerprint density at radius 1 is 1.33 bits per heavy atom. The maximum Gasteiger partial charge on any atom is 0.227 e. The van der Waals surface area contributed by atoms with Crippen LogP contribution in [0.4, 0.5) is 11.8 Å². The molecule has 1 aliphatic carbocycles. The zero-order valence-corrected chi connectivity index (χ0v) is 14.5. The number of Topliss-reactive ketones (excluding diaryl/α,β-unsaturated/α-hetero) is 1. The largest absolute Gasteiger partial charge is 0.463 e. The van der Waals surface area contributed by atoms with Gasteiger partial charge in [-0.25, -0.2) is 4.98 Å². The van der Waals surface area contributed by atoms with E-state index >= 15 is 0 Å². The van der Waals surface area contributed by atoms with Crippen molar-refractivity contribution in [1.82, 2.24) is 9.97 Å². The summed E-state index contributed by atoms with van der Waals surface area (Å²) in [5.41, 5.74) is 1.04. The van der Waals surface area contributed by atoms with Crippen LogP contribution in [-0.2, 0) is 0 Å². The zero-order chi connectivity index (χ0) is 17.1. The van der Waals surface area contributed by atoms with Crippen molar-refractivity contribution in [3.8, 4) is 11.5 Å². The molecule has 2 aromatic heterocycles. The summed E-state index contributed by atoms with van der Waals surface area (Å²) in [4.78, 5) is 23.2. The predicted molar refractivity (Wildman–Crippen MR) is 94.5 cm³/mol. The molecule has 1 N–H and O–H groups in total. The summed E-state index contributed by atoms with van der Waals surface area (Å²) < 4.78 is 5.49. The predicted octanol–water partition coefficient (Wildman–Crippen LogP) is 3.61. The van der Waals surface area contributed by atoms with E-state index < -0.39 is 0 Å². The molecule has 128 valence electrons. The first-order valence-electron chi connectivity index (χ1n) is 8.44. The minimum Gasteiger partial charge on any atom is -0.463 e. The highest BCUT2D eigenvalue weighted by atomic mass is 16.3. The topological polar surface area (TPSA) is 71.3 Å². The minimum absolute atomic E-state index is 0.0689. The second kappa shape index (κ2) is 7.03.